The van der Waals surface area contributed by atoms with E-state index in [2.05, 4.69) is 28.9 Å². The highest BCUT2D eigenvalue weighted by molar-refractivity contribution is 7.99. The van der Waals surface area contributed by atoms with Crippen LogP contribution >= 0.6 is 11.8 Å². The lowest BCUT2D eigenvalue weighted by Gasteiger charge is -2.27. The third-order valence-electron chi connectivity index (χ3n) is 5.16. The summed E-state index contributed by atoms with van der Waals surface area (Å²) >= 11 is 1.42. The van der Waals surface area contributed by atoms with E-state index in [9.17, 15) is 4.79 Å². The van der Waals surface area contributed by atoms with Crippen molar-refractivity contribution < 1.29 is 9.53 Å². The van der Waals surface area contributed by atoms with E-state index in [1.54, 1.807) is 0 Å². The number of nitrogens with zero attached hydrogens (tertiary/aromatic N) is 4. The molecule has 0 amide bonds. The van der Waals surface area contributed by atoms with Crippen LogP contribution in [0, 0.1) is 0 Å². The minimum Gasteiger partial charge on any atom is -0.378 e. The number of morpholine rings is 1. The van der Waals surface area contributed by atoms with Gasteiger partial charge in [0.2, 0.25) is 5.95 Å². The molecule has 1 aromatic heterocycles. The van der Waals surface area contributed by atoms with Gasteiger partial charge in [0.25, 0.3) is 0 Å². The Morgan fingerprint density at radius 2 is 1.73 bits per heavy atom. The number of ketones is 1. The zero-order valence-electron chi connectivity index (χ0n) is 17.3. The van der Waals surface area contributed by atoms with Crippen LogP contribution in [0.25, 0.3) is 5.69 Å². The molecule has 0 unspecified atom stereocenters. The first-order valence-electron chi connectivity index (χ1n) is 10.2. The average Bonchev–Trinajstić information content (AvgIpc) is 3.22. The van der Waals surface area contributed by atoms with Gasteiger partial charge in [-0.05, 0) is 23.6 Å². The number of anilines is 1. The second-order valence-electron chi connectivity index (χ2n) is 7.54. The van der Waals surface area contributed by atoms with Crippen LogP contribution in [0.5, 0.6) is 0 Å². The Kier molecular flexibility index (Phi) is 6.50. The molecule has 2 heterocycles. The second-order valence-corrected chi connectivity index (χ2v) is 8.48. The molecule has 0 saturated carbocycles. The summed E-state index contributed by atoms with van der Waals surface area (Å²) < 4.78 is 7.51. The van der Waals surface area contributed by atoms with Crippen molar-refractivity contribution in [3.63, 3.8) is 0 Å². The summed E-state index contributed by atoms with van der Waals surface area (Å²) in [4.78, 5) is 14.9. The molecule has 0 N–H and O–H groups in total. The van der Waals surface area contributed by atoms with E-state index in [0.29, 0.717) is 24.9 Å². The molecule has 7 heteroatoms. The number of carbonyl (C=O) groups excluding carboxylic acids is 1. The van der Waals surface area contributed by atoms with Gasteiger partial charge >= 0.3 is 0 Å². The molecule has 1 saturated heterocycles. The number of rotatable bonds is 7. The number of carbonyl (C=O) groups is 1. The van der Waals surface area contributed by atoms with Gasteiger partial charge in [-0.25, -0.2) is 0 Å². The predicted octanol–water partition coefficient (Wildman–Crippen LogP) is 4.20. The van der Waals surface area contributed by atoms with Crippen molar-refractivity contribution in [2.45, 2.75) is 24.9 Å². The largest absolute Gasteiger partial charge is 0.378 e. The maximum absolute atomic E-state index is 12.8. The first kappa shape index (κ1) is 20.6. The maximum Gasteiger partial charge on any atom is 0.232 e. The fourth-order valence-corrected chi connectivity index (χ4v) is 4.24. The Labute approximate surface area is 181 Å². The topological polar surface area (TPSA) is 60.3 Å². The fourth-order valence-electron chi connectivity index (χ4n) is 3.39. The van der Waals surface area contributed by atoms with Crippen molar-refractivity contribution in [2.75, 3.05) is 37.0 Å². The van der Waals surface area contributed by atoms with E-state index < -0.39 is 0 Å². The van der Waals surface area contributed by atoms with Crippen LogP contribution in [-0.4, -0.2) is 52.6 Å². The Morgan fingerprint density at radius 1 is 1.03 bits per heavy atom. The van der Waals surface area contributed by atoms with Gasteiger partial charge in [0, 0.05) is 18.7 Å². The molecule has 0 bridgehead atoms. The predicted molar refractivity (Wildman–Crippen MR) is 120 cm³/mol. The zero-order chi connectivity index (χ0) is 20.9. The molecule has 3 aromatic rings. The van der Waals surface area contributed by atoms with E-state index >= 15 is 0 Å². The molecule has 4 rings (SSSR count). The van der Waals surface area contributed by atoms with Gasteiger partial charge in [0.05, 0.1) is 24.7 Å². The van der Waals surface area contributed by atoms with Gasteiger partial charge in [-0.3, -0.25) is 9.36 Å². The van der Waals surface area contributed by atoms with E-state index in [4.69, 9.17) is 4.74 Å². The average molecular weight is 423 g/mol. The Hall–Kier alpha value is -2.64. The molecule has 30 heavy (non-hydrogen) atoms. The third-order valence-corrected chi connectivity index (χ3v) is 6.09. The standard InChI is InChI=1S/C23H26N4O2S/c1-17(2)18-8-10-19(11-9-18)21(28)16-30-23-25-24-22(26-12-14-29-15-13-26)27(23)20-6-4-3-5-7-20/h3-11,17H,12-16H2,1-2H3. The molecule has 1 aliphatic rings. The van der Waals surface area contributed by atoms with Crippen molar-refractivity contribution in [1.29, 1.82) is 0 Å². The van der Waals surface area contributed by atoms with Crippen LogP contribution in [0.1, 0.15) is 35.7 Å². The number of hydrogen-bond acceptors (Lipinski definition) is 6. The summed E-state index contributed by atoms with van der Waals surface area (Å²) in [5.41, 5.74) is 2.95. The molecule has 156 valence electrons. The molecule has 0 radical (unpaired) electrons. The molecule has 1 fully saturated rings. The number of thioether (sulfide) groups is 1. The van der Waals surface area contributed by atoms with E-state index in [1.165, 1.54) is 17.3 Å². The highest BCUT2D eigenvalue weighted by atomic mass is 32.2. The molecule has 0 spiro atoms. The Balaban J connectivity index is 1.55. The van der Waals surface area contributed by atoms with Crippen LogP contribution in [0.15, 0.2) is 59.8 Å². The summed E-state index contributed by atoms with van der Waals surface area (Å²) in [5, 5.41) is 9.58. The van der Waals surface area contributed by atoms with Crippen LogP contribution in [0.3, 0.4) is 0 Å². The van der Waals surface area contributed by atoms with Gasteiger partial charge in [-0.2, -0.15) is 0 Å². The molecule has 2 aromatic carbocycles. The summed E-state index contributed by atoms with van der Waals surface area (Å²) in [6.45, 7) is 7.20. The number of para-hydroxylation sites is 1. The van der Waals surface area contributed by atoms with Gasteiger partial charge in [0.15, 0.2) is 10.9 Å². The normalized spacial score (nSPS) is 14.3. The smallest absolute Gasteiger partial charge is 0.232 e. The molecular weight excluding hydrogens is 396 g/mol. The van der Waals surface area contributed by atoms with Gasteiger partial charge in [-0.15, -0.1) is 10.2 Å². The number of aromatic nitrogens is 3. The Morgan fingerprint density at radius 3 is 2.40 bits per heavy atom. The van der Waals surface area contributed by atoms with E-state index in [-0.39, 0.29) is 5.78 Å². The third kappa shape index (κ3) is 4.57. The zero-order valence-corrected chi connectivity index (χ0v) is 18.1. The van der Waals surface area contributed by atoms with Crippen molar-refractivity contribution in [3.05, 3.63) is 65.7 Å². The van der Waals surface area contributed by atoms with E-state index in [1.807, 2.05) is 59.2 Å². The number of benzene rings is 2. The summed E-state index contributed by atoms with van der Waals surface area (Å²) in [6, 6.07) is 17.9. The Bertz CT molecular complexity index is 980. The fraction of sp³-hybridized carbons (Fsp3) is 0.348. The first-order chi connectivity index (χ1) is 14.6. The lowest BCUT2D eigenvalue weighted by Crippen LogP contribution is -2.37. The van der Waals surface area contributed by atoms with Crippen molar-refractivity contribution in [1.82, 2.24) is 14.8 Å². The SMILES string of the molecule is CC(C)c1ccc(C(=O)CSc2nnc(N3CCOCC3)n2-c2ccccc2)cc1. The molecule has 6 nitrogen and oxygen atoms in total. The second kappa shape index (κ2) is 9.45. The first-order valence-corrected chi connectivity index (χ1v) is 11.2. The lowest BCUT2D eigenvalue weighted by molar-refractivity contribution is 0.102. The highest BCUT2D eigenvalue weighted by Gasteiger charge is 2.22. The minimum absolute atomic E-state index is 0.0887. The quantitative estimate of drug-likeness (QED) is 0.420. The van der Waals surface area contributed by atoms with Crippen LogP contribution < -0.4 is 4.90 Å². The van der Waals surface area contributed by atoms with Gasteiger partial charge < -0.3 is 9.64 Å². The molecule has 0 atom stereocenters. The van der Waals surface area contributed by atoms with Crippen molar-refractivity contribution in [2.24, 2.45) is 0 Å². The number of ether oxygens (including phenoxy) is 1. The van der Waals surface area contributed by atoms with Crippen LogP contribution in [0.2, 0.25) is 0 Å². The maximum atomic E-state index is 12.8. The van der Waals surface area contributed by atoms with Crippen molar-refractivity contribution >= 4 is 23.5 Å². The highest BCUT2D eigenvalue weighted by Crippen LogP contribution is 2.27. The van der Waals surface area contributed by atoms with Crippen LogP contribution in [-0.2, 0) is 4.74 Å². The summed E-state index contributed by atoms with van der Waals surface area (Å²) in [5.74, 6) is 1.65. The van der Waals surface area contributed by atoms with Gasteiger partial charge in [-0.1, -0.05) is 68.1 Å². The summed E-state index contributed by atoms with van der Waals surface area (Å²) in [6.07, 6.45) is 0. The lowest BCUT2D eigenvalue weighted by atomic mass is 10.0. The minimum atomic E-state index is 0.0887. The van der Waals surface area contributed by atoms with E-state index in [0.717, 1.165) is 35.4 Å². The molecule has 1 aliphatic heterocycles. The van der Waals surface area contributed by atoms with Crippen LogP contribution in [0.4, 0.5) is 5.95 Å². The van der Waals surface area contributed by atoms with Crippen molar-refractivity contribution in [3.8, 4) is 5.69 Å². The number of Topliss-reactive ketones (excluding diaryl/α,β-unsaturated/α-hetero) is 1. The monoisotopic (exact) mass is 422 g/mol. The molecule has 0 aliphatic carbocycles. The molecular formula is C23H26N4O2S. The summed E-state index contributed by atoms with van der Waals surface area (Å²) in [7, 11) is 0. The number of hydrogen-bond donors (Lipinski definition) is 0. The van der Waals surface area contributed by atoms with Gasteiger partial charge in [0.1, 0.15) is 0 Å².